The van der Waals surface area contributed by atoms with E-state index in [9.17, 15) is 24.1 Å². The van der Waals surface area contributed by atoms with E-state index >= 15 is 0 Å². The molecule has 6 heteroatoms. The van der Waals surface area contributed by atoms with Crippen molar-refractivity contribution in [3.05, 3.63) is 35.4 Å². The van der Waals surface area contributed by atoms with Gasteiger partial charge in [0.15, 0.2) is 0 Å². The molecule has 1 aromatic carbocycles. The number of nitrogens with one attached hydrogen (secondary N) is 1. The van der Waals surface area contributed by atoms with Crippen LogP contribution in [-0.2, 0) is 0 Å². The molecule has 1 aliphatic rings. The van der Waals surface area contributed by atoms with Crippen molar-refractivity contribution >= 4 is 0 Å². The summed E-state index contributed by atoms with van der Waals surface area (Å²) in [5, 5.41) is 32.1. The van der Waals surface area contributed by atoms with Gasteiger partial charge in [-0.2, -0.15) is 0 Å². The fraction of sp³-hybridized carbons (Fsp3) is 0.500. The van der Waals surface area contributed by atoms with Gasteiger partial charge in [-0.25, -0.2) is 8.78 Å². The Labute approximate surface area is 103 Å². The highest BCUT2D eigenvalue weighted by atomic mass is 19.1. The molecule has 0 radical (unpaired) electrons. The lowest BCUT2D eigenvalue weighted by Crippen LogP contribution is -2.52. The summed E-state index contributed by atoms with van der Waals surface area (Å²) in [7, 11) is 0. The van der Waals surface area contributed by atoms with Crippen LogP contribution in [0.1, 0.15) is 11.7 Å². The van der Waals surface area contributed by atoms with E-state index in [-0.39, 0.29) is 18.7 Å². The fourth-order valence-corrected chi connectivity index (χ4v) is 2.22. The largest absolute Gasteiger partial charge is 0.390 e. The first-order chi connectivity index (χ1) is 8.49. The Hall–Kier alpha value is -1.08. The number of benzene rings is 1. The Kier molecular flexibility index (Phi) is 3.91. The van der Waals surface area contributed by atoms with Crippen LogP contribution in [-0.4, -0.2) is 40.6 Å². The molecule has 100 valence electrons. The summed E-state index contributed by atoms with van der Waals surface area (Å²) in [5.74, 6) is -2.29. The van der Waals surface area contributed by atoms with Crippen LogP contribution in [0, 0.1) is 17.6 Å². The molecule has 0 amide bonds. The Morgan fingerprint density at radius 2 is 1.72 bits per heavy atom. The Morgan fingerprint density at radius 3 is 2.33 bits per heavy atom. The third kappa shape index (κ3) is 2.67. The van der Waals surface area contributed by atoms with E-state index in [1.807, 2.05) is 0 Å². The van der Waals surface area contributed by atoms with Crippen molar-refractivity contribution in [1.29, 1.82) is 0 Å². The first-order valence-electron chi connectivity index (χ1n) is 5.70. The standard InChI is InChI=1S/C12H15F2NO3/c13-7-1-6(2-8(14)3-7)11(17)9-4-15-5-10(16)12(9)18/h1-3,9-12,15-18H,4-5H2/t9-,10-,11+,12-/m1/s1. The molecule has 1 heterocycles. The van der Waals surface area contributed by atoms with Gasteiger partial charge in [0.2, 0.25) is 0 Å². The minimum atomic E-state index is -1.24. The van der Waals surface area contributed by atoms with Crippen LogP contribution in [0.15, 0.2) is 18.2 Å². The van der Waals surface area contributed by atoms with E-state index in [2.05, 4.69) is 5.32 Å². The Balaban J connectivity index is 2.21. The zero-order valence-corrected chi connectivity index (χ0v) is 9.55. The van der Waals surface area contributed by atoms with E-state index in [4.69, 9.17) is 0 Å². The highest BCUT2D eigenvalue weighted by molar-refractivity contribution is 5.21. The zero-order chi connectivity index (χ0) is 13.3. The molecular weight excluding hydrogens is 244 g/mol. The molecule has 4 atom stereocenters. The van der Waals surface area contributed by atoms with Gasteiger partial charge >= 0.3 is 0 Å². The minimum absolute atomic E-state index is 0.0486. The van der Waals surface area contributed by atoms with Gasteiger partial charge in [0.1, 0.15) is 11.6 Å². The molecule has 0 unspecified atom stereocenters. The maximum Gasteiger partial charge on any atom is 0.126 e. The first-order valence-corrected chi connectivity index (χ1v) is 5.70. The lowest BCUT2D eigenvalue weighted by molar-refractivity contribution is -0.0749. The molecule has 1 saturated heterocycles. The predicted molar refractivity (Wildman–Crippen MR) is 59.7 cm³/mol. The van der Waals surface area contributed by atoms with Crippen LogP contribution in [0.5, 0.6) is 0 Å². The van der Waals surface area contributed by atoms with Gasteiger partial charge < -0.3 is 20.6 Å². The van der Waals surface area contributed by atoms with E-state index in [1.165, 1.54) is 0 Å². The molecule has 1 aromatic rings. The molecule has 1 fully saturated rings. The van der Waals surface area contributed by atoms with Crippen LogP contribution in [0.2, 0.25) is 0 Å². The summed E-state index contributed by atoms with van der Waals surface area (Å²) in [4.78, 5) is 0. The van der Waals surface area contributed by atoms with Gasteiger partial charge in [0.05, 0.1) is 18.3 Å². The normalized spacial score (nSPS) is 30.2. The van der Waals surface area contributed by atoms with Gasteiger partial charge in [-0.1, -0.05) is 0 Å². The summed E-state index contributed by atoms with van der Waals surface area (Å²) in [6.45, 7) is 0.486. The summed E-state index contributed by atoms with van der Waals surface area (Å²) in [5.41, 5.74) is 0.0486. The molecule has 0 bridgehead atoms. The molecule has 0 saturated carbocycles. The topological polar surface area (TPSA) is 72.7 Å². The average Bonchev–Trinajstić information content (AvgIpc) is 2.30. The molecule has 18 heavy (non-hydrogen) atoms. The second-order valence-electron chi connectivity index (χ2n) is 4.53. The monoisotopic (exact) mass is 259 g/mol. The van der Waals surface area contributed by atoms with E-state index in [0.717, 1.165) is 12.1 Å². The molecule has 4 N–H and O–H groups in total. The number of aliphatic hydroxyl groups excluding tert-OH is 3. The number of hydrogen-bond donors (Lipinski definition) is 4. The molecule has 0 aliphatic carbocycles. The summed E-state index contributed by atoms with van der Waals surface area (Å²) in [6, 6.07) is 2.74. The summed E-state index contributed by atoms with van der Waals surface area (Å²) >= 11 is 0. The minimum Gasteiger partial charge on any atom is -0.390 e. The van der Waals surface area contributed by atoms with Crippen LogP contribution in [0.3, 0.4) is 0 Å². The fourth-order valence-electron chi connectivity index (χ4n) is 2.22. The lowest BCUT2D eigenvalue weighted by atomic mass is 9.85. The third-order valence-electron chi connectivity index (χ3n) is 3.20. The van der Waals surface area contributed by atoms with Crippen molar-refractivity contribution in [2.45, 2.75) is 18.3 Å². The van der Waals surface area contributed by atoms with Gasteiger partial charge in [0, 0.05) is 25.1 Å². The quantitative estimate of drug-likeness (QED) is 0.600. The van der Waals surface area contributed by atoms with E-state index < -0.39 is 35.9 Å². The number of piperidine rings is 1. The van der Waals surface area contributed by atoms with Crippen LogP contribution in [0.4, 0.5) is 8.78 Å². The summed E-state index contributed by atoms with van der Waals surface area (Å²) < 4.78 is 26.1. The lowest BCUT2D eigenvalue weighted by Gasteiger charge is -2.35. The first kappa shape index (κ1) is 13.4. The molecule has 0 aromatic heterocycles. The van der Waals surface area contributed by atoms with Crippen molar-refractivity contribution in [2.75, 3.05) is 13.1 Å². The van der Waals surface area contributed by atoms with Gasteiger partial charge in [-0.15, -0.1) is 0 Å². The number of rotatable bonds is 2. The average molecular weight is 259 g/mol. The van der Waals surface area contributed by atoms with Gasteiger partial charge in [-0.3, -0.25) is 0 Å². The van der Waals surface area contributed by atoms with Crippen molar-refractivity contribution < 1.29 is 24.1 Å². The highest BCUT2D eigenvalue weighted by Crippen LogP contribution is 2.28. The molecular formula is C12H15F2NO3. The number of aliphatic hydroxyl groups is 3. The smallest absolute Gasteiger partial charge is 0.126 e. The maximum atomic E-state index is 13.1. The Morgan fingerprint density at radius 1 is 1.11 bits per heavy atom. The third-order valence-corrected chi connectivity index (χ3v) is 3.20. The maximum absolute atomic E-state index is 13.1. The van der Waals surface area contributed by atoms with E-state index in [1.54, 1.807) is 0 Å². The summed E-state index contributed by atoms with van der Waals surface area (Å²) in [6.07, 6.45) is -3.38. The molecule has 0 spiro atoms. The van der Waals surface area contributed by atoms with E-state index in [0.29, 0.717) is 6.07 Å². The highest BCUT2D eigenvalue weighted by Gasteiger charge is 2.35. The van der Waals surface area contributed by atoms with Crippen LogP contribution < -0.4 is 5.32 Å². The van der Waals surface area contributed by atoms with Gasteiger partial charge in [-0.05, 0) is 17.7 Å². The molecule has 2 rings (SSSR count). The zero-order valence-electron chi connectivity index (χ0n) is 9.55. The SMILES string of the molecule is O[C@@H]1[C@@H]([C@@H](O)c2cc(F)cc(F)c2)CNC[C@H]1O. The number of halogens is 2. The number of β-amino-alcohol motifs (C(OH)–C–C–N with tert-alkyl or cyclic N) is 1. The van der Waals surface area contributed by atoms with Crippen molar-refractivity contribution in [3.8, 4) is 0 Å². The van der Waals surface area contributed by atoms with Crippen LogP contribution in [0.25, 0.3) is 0 Å². The predicted octanol–water partition coefficient (Wildman–Crippen LogP) is -0.0606. The van der Waals surface area contributed by atoms with Gasteiger partial charge in [0.25, 0.3) is 0 Å². The van der Waals surface area contributed by atoms with Crippen molar-refractivity contribution in [2.24, 2.45) is 5.92 Å². The van der Waals surface area contributed by atoms with Crippen molar-refractivity contribution in [1.82, 2.24) is 5.32 Å². The Bertz CT molecular complexity index is 410. The molecule has 4 nitrogen and oxygen atoms in total. The van der Waals surface area contributed by atoms with Crippen molar-refractivity contribution in [3.63, 3.8) is 0 Å². The van der Waals surface area contributed by atoms with Crippen LogP contribution >= 0.6 is 0 Å². The molecule has 1 aliphatic heterocycles. The second kappa shape index (κ2) is 5.27. The number of hydrogen-bond acceptors (Lipinski definition) is 4. The second-order valence-corrected chi connectivity index (χ2v) is 4.53.